The number of aromatic nitrogens is 2. The zero-order valence-electron chi connectivity index (χ0n) is 18.1. The number of nitrogens with zero attached hydrogens (tertiary/aromatic N) is 3. The quantitative estimate of drug-likeness (QED) is 0.442. The van der Waals surface area contributed by atoms with Gasteiger partial charge in [-0.2, -0.15) is 18.2 Å². The third-order valence-electron chi connectivity index (χ3n) is 4.98. The summed E-state index contributed by atoms with van der Waals surface area (Å²) in [7, 11) is 0. The van der Waals surface area contributed by atoms with Crippen LogP contribution in [0.25, 0.3) is 11.4 Å². The maximum absolute atomic E-state index is 12.7. The molecular weight excluding hydrogens is 419 g/mol. The number of alkyl halides is 3. The van der Waals surface area contributed by atoms with Gasteiger partial charge in [-0.15, -0.1) is 0 Å². The van der Waals surface area contributed by atoms with Crippen molar-refractivity contribution in [3.63, 3.8) is 0 Å². The number of hydrogen-bond donors (Lipinski definition) is 0. The number of benzene rings is 2. The number of rotatable bonds is 9. The second-order valence-electron chi connectivity index (χ2n) is 8.05. The number of halogens is 3. The molecule has 0 unspecified atom stereocenters. The van der Waals surface area contributed by atoms with Gasteiger partial charge in [0.1, 0.15) is 0 Å². The number of amides is 1. The normalized spacial score (nSPS) is 11.7. The molecule has 1 heterocycles. The highest BCUT2D eigenvalue weighted by atomic mass is 19.4. The standard InChI is InChI=1S/C24H26F3N3O2/c1-17(2)16-22(31)30(14-12-18-6-4-3-5-7-18)15-13-21-28-23(29-32-21)19-8-10-20(11-9-19)24(25,26)27/h3-11,17H,12-16H2,1-2H3. The Balaban J connectivity index is 1.64. The van der Waals surface area contributed by atoms with Gasteiger partial charge in [0.25, 0.3) is 0 Å². The van der Waals surface area contributed by atoms with Gasteiger partial charge in [-0.1, -0.05) is 61.5 Å². The summed E-state index contributed by atoms with van der Waals surface area (Å²) in [6, 6.07) is 14.6. The molecule has 1 amide bonds. The Morgan fingerprint density at radius 2 is 1.66 bits per heavy atom. The van der Waals surface area contributed by atoms with Crippen molar-refractivity contribution in [3.8, 4) is 11.4 Å². The van der Waals surface area contributed by atoms with Crippen molar-refractivity contribution in [2.24, 2.45) is 5.92 Å². The molecule has 1 aromatic heterocycles. The molecule has 0 saturated carbocycles. The minimum Gasteiger partial charge on any atom is -0.342 e. The summed E-state index contributed by atoms with van der Waals surface area (Å²) in [5.41, 5.74) is 0.852. The Morgan fingerprint density at radius 3 is 2.28 bits per heavy atom. The van der Waals surface area contributed by atoms with E-state index < -0.39 is 11.7 Å². The molecule has 0 N–H and O–H groups in total. The van der Waals surface area contributed by atoms with Crippen molar-refractivity contribution in [2.45, 2.75) is 39.3 Å². The van der Waals surface area contributed by atoms with Gasteiger partial charge in [-0.3, -0.25) is 4.79 Å². The third kappa shape index (κ3) is 6.67. The maximum atomic E-state index is 12.7. The van der Waals surface area contributed by atoms with E-state index in [1.54, 1.807) is 4.90 Å². The lowest BCUT2D eigenvalue weighted by Gasteiger charge is -2.23. The van der Waals surface area contributed by atoms with Crippen molar-refractivity contribution in [1.29, 1.82) is 0 Å². The SMILES string of the molecule is CC(C)CC(=O)N(CCc1ccccc1)CCc1nc(-c2ccc(C(F)(F)F)cc2)no1. The van der Waals surface area contributed by atoms with Crippen molar-refractivity contribution in [1.82, 2.24) is 15.0 Å². The van der Waals surface area contributed by atoms with Gasteiger partial charge in [-0.25, -0.2) is 0 Å². The van der Waals surface area contributed by atoms with Crippen LogP contribution in [0.15, 0.2) is 59.1 Å². The molecule has 0 aliphatic heterocycles. The first-order chi connectivity index (χ1) is 15.2. The third-order valence-corrected chi connectivity index (χ3v) is 4.98. The van der Waals surface area contributed by atoms with Crippen LogP contribution >= 0.6 is 0 Å². The van der Waals surface area contributed by atoms with Crippen LogP contribution in [0.5, 0.6) is 0 Å². The Bertz CT molecular complexity index is 999. The van der Waals surface area contributed by atoms with E-state index >= 15 is 0 Å². The molecule has 2 aromatic carbocycles. The topological polar surface area (TPSA) is 59.2 Å². The summed E-state index contributed by atoms with van der Waals surface area (Å²) in [5.74, 6) is 0.870. The Kier molecular flexibility index (Phi) is 7.66. The van der Waals surface area contributed by atoms with Crippen molar-refractivity contribution < 1.29 is 22.5 Å². The number of hydrogen-bond acceptors (Lipinski definition) is 4. The van der Waals surface area contributed by atoms with E-state index in [-0.39, 0.29) is 17.6 Å². The molecule has 0 aliphatic carbocycles. The first-order valence-electron chi connectivity index (χ1n) is 10.5. The second-order valence-corrected chi connectivity index (χ2v) is 8.05. The highest BCUT2D eigenvalue weighted by Crippen LogP contribution is 2.30. The molecule has 3 aromatic rings. The molecule has 5 nitrogen and oxygen atoms in total. The molecule has 170 valence electrons. The Labute approximate surface area is 185 Å². The van der Waals surface area contributed by atoms with Crippen LogP contribution in [0.1, 0.15) is 37.3 Å². The monoisotopic (exact) mass is 445 g/mol. The van der Waals surface area contributed by atoms with Crippen LogP contribution in [0, 0.1) is 5.92 Å². The zero-order valence-corrected chi connectivity index (χ0v) is 18.1. The maximum Gasteiger partial charge on any atom is 0.416 e. The first kappa shape index (κ1) is 23.5. The van der Waals surface area contributed by atoms with E-state index in [1.165, 1.54) is 12.1 Å². The molecule has 0 saturated heterocycles. The predicted molar refractivity (Wildman–Crippen MR) is 115 cm³/mol. The lowest BCUT2D eigenvalue weighted by Crippen LogP contribution is -2.35. The molecule has 0 radical (unpaired) electrons. The Hall–Kier alpha value is -3.16. The van der Waals surface area contributed by atoms with E-state index in [4.69, 9.17) is 4.52 Å². The van der Waals surface area contributed by atoms with Gasteiger partial charge >= 0.3 is 6.18 Å². The largest absolute Gasteiger partial charge is 0.416 e. The van der Waals surface area contributed by atoms with Gasteiger partial charge in [-0.05, 0) is 30.0 Å². The molecule has 32 heavy (non-hydrogen) atoms. The lowest BCUT2D eigenvalue weighted by atomic mass is 10.1. The fourth-order valence-electron chi connectivity index (χ4n) is 3.26. The molecule has 3 rings (SSSR count). The first-order valence-corrected chi connectivity index (χ1v) is 10.5. The molecule has 0 aliphatic rings. The molecule has 0 fully saturated rings. The summed E-state index contributed by atoms with van der Waals surface area (Å²) < 4.78 is 43.5. The van der Waals surface area contributed by atoms with Crippen molar-refractivity contribution >= 4 is 5.91 Å². The van der Waals surface area contributed by atoms with Gasteiger partial charge in [0.05, 0.1) is 5.56 Å². The predicted octanol–water partition coefficient (Wildman–Crippen LogP) is 5.42. The van der Waals surface area contributed by atoms with Crippen LogP contribution in [-0.2, 0) is 23.8 Å². The van der Waals surface area contributed by atoms with E-state index in [1.807, 2.05) is 44.2 Å². The highest BCUT2D eigenvalue weighted by molar-refractivity contribution is 5.76. The summed E-state index contributed by atoms with van der Waals surface area (Å²) in [4.78, 5) is 18.8. The van der Waals surface area contributed by atoms with Gasteiger partial charge < -0.3 is 9.42 Å². The summed E-state index contributed by atoms with van der Waals surface area (Å²) in [6.45, 7) is 5.01. The van der Waals surface area contributed by atoms with Gasteiger partial charge in [0.15, 0.2) is 0 Å². The zero-order chi connectivity index (χ0) is 23.1. The van der Waals surface area contributed by atoms with Gasteiger partial charge in [0.2, 0.25) is 17.6 Å². The lowest BCUT2D eigenvalue weighted by molar-refractivity contribution is -0.137. The highest BCUT2D eigenvalue weighted by Gasteiger charge is 2.30. The minimum atomic E-state index is -4.40. The summed E-state index contributed by atoms with van der Waals surface area (Å²) in [5, 5.41) is 3.87. The Morgan fingerprint density at radius 1 is 1.00 bits per heavy atom. The summed E-state index contributed by atoms with van der Waals surface area (Å²) >= 11 is 0. The van der Waals surface area contributed by atoms with Crippen LogP contribution in [0.3, 0.4) is 0 Å². The van der Waals surface area contributed by atoms with E-state index in [9.17, 15) is 18.0 Å². The average molecular weight is 445 g/mol. The van der Waals surface area contributed by atoms with Crippen molar-refractivity contribution in [2.75, 3.05) is 13.1 Å². The second kappa shape index (κ2) is 10.4. The smallest absolute Gasteiger partial charge is 0.342 e. The van der Waals surface area contributed by atoms with Crippen LogP contribution in [-0.4, -0.2) is 34.0 Å². The van der Waals surface area contributed by atoms with E-state index in [2.05, 4.69) is 10.1 Å². The fraction of sp³-hybridized carbons (Fsp3) is 0.375. The average Bonchev–Trinajstić information content (AvgIpc) is 3.22. The minimum absolute atomic E-state index is 0.0680. The molecular formula is C24H26F3N3O2. The van der Waals surface area contributed by atoms with Crippen LogP contribution < -0.4 is 0 Å². The molecule has 8 heteroatoms. The van der Waals surface area contributed by atoms with E-state index in [0.717, 1.165) is 24.1 Å². The molecule has 0 bridgehead atoms. The fourth-order valence-corrected chi connectivity index (χ4v) is 3.26. The number of carbonyl (C=O) groups excluding carboxylic acids is 1. The molecule has 0 spiro atoms. The van der Waals surface area contributed by atoms with Gasteiger partial charge in [0, 0.05) is 31.5 Å². The van der Waals surface area contributed by atoms with E-state index in [0.29, 0.717) is 37.4 Å². The number of carbonyl (C=O) groups is 1. The van der Waals surface area contributed by atoms with Crippen molar-refractivity contribution in [3.05, 3.63) is 71.6 Å². The molecule has 0 atom stereocenters. The summed E-state index contributed by atoms with van der Waals surface area (Å²) in [6.07, 6.45) is -2.83. The van der Waals surface area contributed by atoms with Crippen LogP contribution in [0.2, 0.25) is 0 Å². The van der Waals surface area contributed by atoms with Crippen LogP contribution in [0.4, 0.5) is 13.2 Å².